The van der Waals surface area contributed by atoms with E-state index in [4.69, 9.17) is 9.47 Å². The predicted molar refractivity (Wildman–Crippen MR) is 106 cm³/mol. The van der Waals surface area contributed by atoms with Gasteiger partial charge in [-0.2, -0.15) is 0 Å². The molecule has 0 bridgehead atoms. The highest BCUT2D eigenvalue weighted by Gasteiger charge is 2.40. The standard InChI is InChI=1S/C21H32N4O3/c1-23-7-4-17(5-8-23)21(26)25-11-14-28-19(16-24-9-12-27-13-10-24)20(25)18-3-2-6-22-15-18/h2-3,6,15,17,19-20H,4-5,7-14,16H2,1H3/t19-,20-/m0/s1. The number of carbonyl (C=O) groups excluding carboxylic acids is 1. The molecule has 0 N–H and O–H groups in total. The van der Waals surface area contributed by atoms with Crippen molar-refractivity contribution in [1.82, 2.24) is 19.7 Å². The van der Waals surface area contributed by atoms with Crippen LogP contribution in [0.1, 0.15) is 24.4 Å². The predicted octanol–water partition coefficient (Wildman–Crippen LogP) is 1.02. The molecule has 28 heavy (non-hydrogen) atoms. The highest BCUT2D eigenvalue weighted by molar-refractivity contribution is 5.79. The van der Waals surface area contributed by atoms with Crippen LogP contribution in [0.4, 0.5) is 0 Å². The number of amides is 1. The number of piperidine rings is 1. The third-order valence-electron chi connectivity index (χ3n) is 6.27. The van der Waals surface area contributed by atoms with Crippen LogP contribution in [-0.4, -0.2) is 97.8 Å². The molecule has 3 aliphatic heterocycles. The second kappa shape index (κ2) is 9.31. The molecule has 4 rings (SSSR count). The third-order valence-corrected chi connectivity index (χ3v) is 6.27. The molecular formula is C21H32N4O3. The molecule has 3 saturated heterocycles. The second-order valence-corrected chi connectivity index (χ2v) is 8.16. The first-order valence-electron chi connectivity index (χ1n) is 10.5. The van der Waals surface area contributed by atoms with E-state index in [0.29, 0.717) is 13.2 Å². The smallest absolute Gasteiger partial charge is 0.226 e. The molecule has 0 aromatic carbocycles. The number of ether oxygens (including phenoxy) is 2. The van der Waals surface area contributed by atoms with E-state index in [1.54, 1.807) is 6.20 Å². The molecule has 7 nitrogen and oxygen atoms in total. The zero-order chi connectivity index (χ0) is 19.3. The van der Waals surface area contributed by atoms with Crippen molar-refractivity contribution >= 4 is 5.91 Å². The molecule has 1 aromatic heterocycles. The van der Waals surface area contributed by atoms with E-state index in [1.807, 2.05) is 12.3 Å². The Morgan fingerprint density at radius 3 is 2.64 bits per heavy atom. The minimum atomic E-state index is -0.0718. The zero-order valence-electron chi connectivity index (χ0n) is 16.8. The maximum atomic E-state index is 13.5. The number of aromatic nitrogens is 1. The number of hydrogen-bond donors (Lipinski definition) is 0. The minimum absolute atomic E-state index is 0.0359. The van der Waals surface area contributed by atoms with Crippen molar-refractivity contribution in [3.8, 4) is 0 Å². The highest BCUT2D eigenvalue weighted by atomic mass is 16.5. The zero-order valence-corrected chi connectivity index (χ0v) is 16.8. The van der Waals surface area contributed by atoms with E-state index >= 15 is 0 Å². The number of likely N-dealkylation sites (tertiary alicyclic amines) is 1. The molecule has 1 aromatic rings. The Morgan fingerprint density at radius 2 is 1.93 bits per heavy atom. The Bertz CT molecular complexity index is 630. The summed E-state index contributed by atoms with van der Waals surface area (Å²) in [5.41, 5.74) is 1.07. The van der Waals surface area contributed by atoms with Crippen LogP contribution in [0.15, 0.2) is 24.5 Å². The largest absolute Gasteiger partial charge is 0.379 e. The van der Waals surface area contributed by atoms with Gasteiger partial charge in [-0.25, -0.2) is 0 Å². The van der Waals surface area contributed by atoms with Crippen molar-refractivity contribution in [2.45, 2.75) is 25.0 Å². The first kappa shape index (κ1) is 19.8. The number of nitrogens with zero attached hydrogens (tertiary/aromatic N) is 4. The van der Waals surface area contributed by atoms with Crippen LogP contribution in [0.25, 0.3) is 0 Å². The van der Waals surface area contributed by atoms with Crippen LogP contribution < -0.4 is 0 Å². The molecule has 0 radical (unpaired) electrons. The third kappa shape index (κ3) is 4.54. The molecule has 3 aliphatic rings. The second-order valence-electron chi connectivity index (χ2n) is 8.16. The van der Waals surface area contributed by atoms with Gasteiger partial charge in [-0.15, -0.1) is 0 Å². The van der Waals surface area contributed by atoms with E-state index in [0.717, 1.165) is 64.3 Å². The van der Waals surface area contributed by atoms with Crippen LogP contribution in [0.3, 0.4) is 0 Å². The summed E-state index contributed by atoms with van der Waals surface area (Å²) in [5.74, 6) is 0.412. The van der Waals surface area contributed by atoms with Crippen molar-refractivity contribution in [3.63, 3.8) is 0 Å². The number of hydrogen-bond acceptors (Lipinski definition) is 6. The van der Waals surface area contributed by atoms with Crippen LogP contribution in [0.5, 0.6) is 0 Å². The van der Waals surface area contributed by atoms with Gasteiger partial charge in [0.2, 0.25) is 5.91 Å². The van der Waals surface area contributed by atoms with Gasteiger partial charge in [0.05, 0.1) is 32.0 Å². The topological polar surface area (TPSA) is 58.1 Å². The van der Waals surface area contributed by atoms with Gasteiger partial charge < -0.3 is 19.3 Å². The first-order chi connectivity index (χ1) is 13.7. The van der Waals surface area contributed by atoms with Gasteiger partial charge in [0.25, 0.3) is 0 Å². The summed E-state index contributed by atoms with van der Waals surface area (Å²) in [6.07, 6.45) is 5.53. The number of morpholine rings is 2. The van der Waals surface area contributed by atoms with Crippen molar-refractivity contribution in [3.05, 3.63) is 30.1 Å². The molecule has 4 heterocycles. The van der Waals surface area contributed by atoms with E-state index in [2.05, 4.69) is 32.8 Å². The summed E-state index contributed by atoms with van der Waals surface area (Å²) >= 11 is 0. The van der Waals surface area contributed by atoms with Gasteiger partial charge in [-0.1, -0.05) is 6.07 Å². The maximum absolute atomic E-state index is 13.5. The lowest BCUT2D eigenvalue weighted by Gasteiger charge is -2.45. The van der Waals surface area contributed by atoms with Crippen LogP contribution in [-0.2, 0) is 14.3 Å². The van der Waals surface area contributed by atoms with E-state index < -0.39 is 0 Å². The maximum Gasteiger partial charge on any atom is 0.226 e. The van der Waals surface area contributed by atoms with Gasteiger partial charge >= 0.3 is 0 Å². The van der Waals surface area contributed by atoms with Crippen LogP contribution in [0.2, 0.25) is 0 Å². The quantitative estimate of drug-likeness (QED) is 0.768. The molecular weight excluding hydrogens is 356 g/mol. The fraction of sp³-hybridized carbons (Fsp3) is 0.714. The minimum Gasteiger partial charge on any atom is -0.379 e. The van der Waals surface area contributed by atoms with Gasteiger partial charge in [-0.3, -0.25) is 14.7 Å². The summed E-state index contributed by atoms with van der Waals surface area (Å²) in [6, 6.07) is 3.96. The Hall–Kier alpha value is -1.54. The van der Waals surface area contributed by atoms with Gasteiger partial charge in [0.15, 0.2) is 0 Å². The summed E-state index contributed by atoms with van der Waals surface area (Å²) in [6.45, 7) is 7.44. The van der Waals surface area contributed by atoms with E-state index in [9.17, 15) is 4.79 Å². The number of carbonyl (C=O) groups is 1. The van der Waals surface area contributed by atoms with E-state index in [1.165, 1.54) is 0 Å². The lowest BCUT2D eigenvalue weighted by molar-refractivity contribution is -0.154. The Morgan fingerprint density at radius 1 is 1.14 bits per heavy atom. The van der Waals surface area contributed by atoms with Crippen LogP contribution >= 0.6 is 0 Å². The fourth-order valence-corrected chi connectivity index (χ4v) is 4.61. The molecule has 7 heteroatoms. The molecule has 154 valence electrons. The highest BCUT2D eigenvalue weighted by Crippen LogP contribution is 2.33. The number of rotatable bonds is 4. The summed E-state index contributed by atoms with van der Waals surface area (Å²) in [5, 5.41) is 0. The summed E-state index contributed by atoms with van der Waals surface area (Å²) in [7, 11) is 2.13. The molecule has 1 amide bonds. The Kier molecular flexibility index (Phi) is 6.57. The first-order valence-corrected chi connectivity index (χ1v) is 10.5. The number of pyridine rings is 1. The van der Waals surface area contributed by atoms with Crippen molar-refractivity contribution in [2.24, 2.45) is 5.92 Å². The Balaban J connectivity index is 1.54. The lowest BCUT2D eigenvalue weighted by atomic mass is 9.92. The SMILES string of the molecule is CN1CCC(C(=O)N2CCO[C@@H](CN3CCOCC3)[C@@H]2c2cccnc2)CC1. The van der Waals surface area contributed by atoms with Gasteiger partial charge in [0, 0.05) is 44.5 Å². The van der Waals surface area contributed by atoms with Crippen molar-refractivity contribution < 1.29 is 14.3 Å². The normalized spacial score (nSPS) is 28.4. The molecule has 0 aliphatic carbocycles. The van der Waals surface area contributed by atoms with Crippen LogP contribution in [0, 0.1) is 5.92 Å². The fourth-order valence-electron chi connectivity index (χ4n) is 4.61. The van der Waals surface area contributed by atoms with E-state index in [-0.39, 0.29) is 24.0 Å². The average molecular weight is 389 g/mol. The van der Waals surface area contributed by atoms with Crippen molar-refractivity contribution in [1.29, 1.82) is 0 Å². The lowest BCUT2D eigenvalue weighted by Crippen LogP contribution is -2.54. The molecule has 2 atom stereocenters. The summed E-state index contributed by atoms with van der Waals surface area (Å²) < 4.78 is 11.7. The summed E-state index contributed by atoms with van der Waals surface area (Å²) in [4.78, 5) is 24.6. The van der Waals surface area contributed by atoms with Gasteiger partial charge in [-0.05, 0) is 44.6 Å². The van der Waals surface area contributed by atoms with Crippen molar-refractivity contribution in [2.75, 3.05) is 66.1 Å². The average Bonchev–Trinajstić information content (AvgIpc) is 2.75. The van der Waals surface area contributed by atoms with Gasteiger partial charge in [0.1, 0.15) is 0 Å². The molecule has 0 spiro atoms. The Labute approximate surface area is 167 Å². The molecule has 0 saturated carbocycles. The molecule has 0 unspecified atom stereocenters. The molecule has 3 fully saturated rings. The monoisotopic (exact) mass is 388 g/mol.